The van der Waals surface area contributed by atoms with Crippen molar-refractivity contribution in [3.63, 3.8) is 0 Å². The van der Waals surface area contributed by atoms with E-state index in [0.29, 0.717) is 54.3 Å². The number of ether oxygens (including phenoxy) is 1. The molecular weight excluding hydrogens is 510 g/mol. The van der Waals surface area contributed by atoms with E-state index in [1.54, 1.807) is 23.1 Å². The lowest BCUT2D eigenvalue weighted by atomic mass is 10.1. The van der Waals surface area contributed by atoms with Gasteiger partial charge in [0.15, 0.2) is 5.82 Å². The fraction of sp³-hybridized carbons (Fsp3) is 0.440. The van der Waals surface area contributed by atoms with E-state index < -0.39 is 17.7 Å². The van der Waals surface area contributed by atoms with Crippen LogP contribution in [0.15, 0.2) is 29.3 Å². The van der Waals surface area contributed by atoms with Crippen molar-refractivity contribution in [1.29, 1.82) is 5.26 Å². The molecule has 0 saturated carbocycles. The van der Waals surface area contributed by atoms with Crippen LogP contribution in [-0.4, -0.2) is 62.4 Å². The van der Waals surface area contributed by atoms with E-state index in [-0.39, 0.29) is 22.8 Å². The summed E-state index contributed by atoms with van der Waals surface area (Å²) in [5.41, 5.74) is 5.49. The topological polar surface area (TPSA) is 155 Å². The fourth-order valence-corrected chi connectivity index (χ4v) is 4.49. The average molecular weight is 540 g/mol. The second-order valence-electron chi connectivity index (χ2n) is 9.84. The van der Waals surface area contributed by atoms with Crippen molar-refractivity contribution in [2.45, 2.75) is 45.8 Å². The molecule has 4 rings (SSSR count). The van der Waals surface area contributed by atoms with Crippen molar-refractivity contribution in [2.24, 2.45) is 0 Å². The molecule has 1 fully saturated rings. The summed E-state index contributed by atoms with van der Waals surface area (Å²) in [5.74, 6) is 0.710. The van der Waals surface area contributed by atoms with E-state index in [1.165, 1.54) is 11.0 Å². The van der Waals surface area contributed by atoms with Gasteiger partial charge >= 0.3 is 6.09 Å². The summed E-state index contributed by atoms with van der Waals surface area (Å²) >= 11 is 6.43. The molecule has 1 atom stereocenters. The minimum atomic E-state index is -0.607. The molecule has 2 aromatic heterocycles. The van der Waals surface area contributed by atoms with Gasteiger partial charge in [0.2, 0.25) is 0 Å². The van der Waals surface area contributed by atoms with Gasteiger partial charge in [-0.05, 0) is 39.3 Å². The zero-order valence-electron chi connectivity index (χ0n) is 21.7. The van der Waals surface area contributed by atoms with Crippen LogP contribution in [0.5, 0.6) is 0 Å². The van der Waals surface area contributed by atoms with Crippen LogP contribution in [0.4, 0.5) is 16.4 Å². The number of benzene rings is 1. The van der Waals surface area contributed by atoms with Gasteiger partial charge in [-0.25, -0.2) is 24.4 Å². The molecule has 1 aliphatic rings. The molecule has 0 spiro atoms. The summed E-state index contributed by atoms with van der Waals surface area (Å²) < 4.78 is 7.02. The standard InChI is InChI=1S/C25H30ClN9O3/c1-5-17(31-21-15(13-27)20(28)29-14-30-21)22-32-18-8-6-7-16(26)19(18)23(36)35(22)34-11-9-33(10-12-34)24(37)38-25(2,3)4/h6-8,14,17H,5,9-12H2,1-4H3,(H3,28,29,30,31)/t17-/m0/s1. The minimum Gasteiger partial charge on any atom is -0.444 e. The molecule has 12 nitrogen and oxygen atoms in total. The van der Waals surface area contributed by atoms with Gasteiger partial charge in [-0.15, -0.1) is 0 Å². The van der Waals surface area contributed by atoms with Gasteiger partial charge in [0.1, 0.15) is 35.2 Å². The monoisotopic (exact) mass is 539 g/mol. The number of carbonyl (C=O) groups excluding carboxylic acids is 1. The number of carbonyl (C=O) groups is 1. The number of anilines is 2. The second kappa shape index (κ2) is 10.7. The van der Waals surface area contributed by atoms with Crippen LogP contribution >= 0.6 is 11.6 Å². The van der Waals surface area contributed by atoms with Gasteiger partial charge in [0.05, 0.1) is 35.1 Å². The molecule has 1 aromatic carbocycles. The van der Waals surface area contributed by atoms with E-state index in [1.807, 2.05) is 38.8 Å². The first-order valence-electron chi connectivity index (χ1n) is 12.3. The van der Waals surface area contributed by atoms with Gasteiger partial charge in [0, 0.05) is 13.1 Å². The first-order chi connectivity index (χ1) is 18.0. The Morgan fingerprint density at radius 2 is 1.97 bits per heavy atom. The lowest BCUT2D eigenvalue weighted by Crippen LogP contribution is -2.57. The van der Waals surface area contributed by atoms with Gasteiger partial charge in [-0.3, -0.25) is 4.79 Å². The van der Waals surface area contributed by atoms with Crippen molar-refractivity contribution < 1.29 is 9.53 Å². The van der Waals surface area contributed by atoms with E-state index in [4.69, 9.17) is 27.1 Å². The molecular formula is C25H30ClN9O3. The zero-order valence-corrected chi connectivity index (χ0v) is 22.5. The first-order valence-corrected chi connectivity index (χ1v) is 12.6. The average Bonchev–Trinajstić information content (AvgIpc) is 2.86. The Morgan fingerprint density at radius 3 is 2.61 bits per heavy atom. The summed E-state index contributed by atoms with van der Waals surface area (Å²) in [4.78, 5) is 41.0. The number of nitriles is 1. The highest BCUT2D eigenvalue weighted by molar-refractivity contribution is 6.35. The Morgan fingerprint density at radius 1 is 1.26 bits per heavy atom. The number of nitrogens with zero attached hydrogens (tertiary/aromatic N) is 7. The number of hydrogen-bond acceptors (Lipinski definition) is 10. The Hall–Kier alpha value is -4.11. The van der Waals surface area contributed by atoms with Crippen LogP contribution in [0.2, 0.25) is 5.02 Å². The third-order valence-electron chi connectivity index (χ3n) is 6.06. The molecule has 38 heavy (non-hydrogen) atoms. The number of nitrogens with one attached hydrogen (secondary N) is 1. The number of aromatic nitrogens is 4. The van der Waals surface area contributed by atoms with Crippen LogP contribution in [0.1, 0.15) is 51.5 Å². The lowest BCUT2D eigenvalue weighted by molar-refractivity contribution is 0.0231. The number of hydrogen-bond donors (Lipinski definition) is 2. The quantitative estimate of drug-likeness (QED) is 0.494. The van der Waals surface area contributed by atoms with Gasteiger partial charge in [0.25, 0.3) is 5.56 Å². The number of piperazine rings is 1. The van der Waals surface area contributed by atoms with E-state index in [2.05, 4.69) is 15.3 Å². The molecule has 0 bridgehead atoms. The number of halogens is 1. The molecule has 0 unspecified atom stereocenters. The van der Waals surface area contributed by atoms with Crippen LogP contribution in [-0.2, 0) is 4.74 Å². The summed E-state index contributed by atoms with van der Waals surface area (Å²) in [7, 11) is 0. The summed E-state index contributed by atoms with van der Waals surface area (Å²) in [5, 5.41) is 15.2. The van der Waals surface area contributed by atoms with Crippen molar-refractivity contribution in [1.82, 2.24) is 24.5 Å². The summed E-state index contributed by atoms with van der Waals surface area (Å²) in [6, 6.07) is 6.62. The number of amides is 1. The molecule has 3 aromatic rings. The summed E-state index contributed by atoms with van der Waals surface area (Å²) in [6.07, 6.45) is 1.37. The highest BCUT2D eigenvalue weighted by atomic mass is 35.5. The number of nitrogen functional groups attached to an aromatic ring is 1. The van der Waals surface area contributed by atoms with Crippen LogP contribution < -0.4 is 21.6 Å². The minimum absolute atomic E-state index is 0.0498. The van der Waals surface area contributed by atoms with Crippen LogP contribution in [0, 0.1) is 11.3 Å². The smallest absolute Gasteiger partial charge is 0.410 e. The van der Waals surface area contributed by atoms with E-state index in [0.717, 1.165) is 0 Å². The SMILES string of the molecule is CC[C@H](Nc1ncnc(N)c1C#N)c1nc2cccc(Cl)c2c(=O)n1N1CCN(C(=O)OC(C)(C)C)CC1. The first kappa shape index (κ1) is 26.9. The highest BCUT2D eigenvalue weighted by Gasteiger charge is 2.30. The molecule has 1 aliphatic heterocycles. The third-order valence-corrected chi connectivity index (χ3v) is 6.37. The Labute approximate surface area is 225 Å². The normalized spacial score (nSPS) is 14.7. The highest BCUT2D eigenvalue weighted by Crippen LogP contribution is 2.27. The van der Waals surface area contributed by atoms with Crippen molar-refractivity contribution >= 4 is 40.2 Å². The molecule has 200 valence electrons. The number of fused-ring (bicyclic) bond motifs is 1. The van der Waals surface area contributed by atoms with Crippen molar-refractivity contribution in [3.05, 3.63) is 51.3 Å². The predicted octanol–water partition coefficient (Wildman–Crippen LogP) is 3.05. The second-order valence-corrected chi connectivity index (χ2v) is 10.2. The lowest BCUT2D eigenvalue weighted by Gasteiger charge is -2.38. The molecule has 0 aliphatic carbocycles. The number of nitrogens with two attached hydrogens (primary N) is 1. The maximum atomic E-state index is 13.9. The van der Waals surface area contributed by atoms with E-state index >= 15 is 0 Å². The summed E-state index contributed by atoms with van der Waals surface area (Å²) in [6.45, 7) is 8.82. The van der Waals surface area contributed by atoms with Gasteiger partial charge < -0.3 is 25.7 Å². The maximum Gasteiger partial charge on any atom is 0.410 e. The van der Waals surface area contributed by atoms with Gasteiger partial charge in [-0.2, -0.15) is 5.26 Å². The predicted molar refractivity (Wildman–Crippen MR) is 145 cm³/mol. The maximum absolute atomic E-state index is 13.9. The van der Waals surface area contributed by atoms with Crippen LogP contribution in [0.25, 0.3) is 10.9 Å². The largest absolute Gasteiger partial charge is 0.444 e. The number of rotatable bonds is 5. The Kier molecular flexibility index (Phi) is 7.59. The Balaban J connectivity index is 1.75. The molecule has 1 saturated heterocycles. The van der Waals surface area contributed by atoms with Gasteiger partial charge in [-0.1, -0.05) is 24.6 Å². The molecule has 3 heterocycles. The van der Waals surface area contributed by atoms with Crippen LogP contribution in [0.3, 0.4) is 0 Å². The van der Waals surface area contributed by atoms with Crippen molar-refractivity contribution in [3.8, 4) is 6.07 Å². The molecule has 3 N–H and O–H groups in total. The van der Waals surface area contributed by atoms with Crippen molar-refractivity contribution in [2.75, 3.05) is 42.2 Å². The fourth-order valence-electron chi connectivity index (χ4n) is 4.24. The Bertz CT molecular complexity index is 1450. The third kappa shape index (κ3) is 5.43. The van der Waals surface area contributed by atoms with E-state index in [9.17, 15) is 14.9 Å². The zero-order chi connectivity index (χ0) is 27.6. The molecule has 0 radical (unpaired) electrons. The molecule has 1 amide bonds. The molecule has 13 heteroatoms.